The zero-order valence-electron chi connectivity index (χ0n) is 13.1. The first-order valence-electron chi connectivity index (χ1n) is 7.91. The van der Waals surface area contributed by atoms with Crippen LogP contribution in [0.1, 0.15) is 38.3 Å². The molecule has 0 amide bonds. The molecule has 2 atom stereocenters. The summed E-state index contributed by atoms with van der Waals surface area (Å²) in [6, 6.07) is 9.27. The topological polar surface area (TPSA) is 24.5 Å². The van der Waals surface area contributed by atoms with Crippen molar-refractivity contribution in [3.63, 3.8) is 0 Å². The molecular formula is C17H28N2O. The van der Waals surface area contributed by atoms with E-state index >= 15 is 0 Å². The van der Waals surface area contributed by atoms with E-state index < -0.39 is 0 Å². The van der Waals surface area contributed by atoms with Crippen molar-refractivity contribution in [2.45, 2.75) is 32.7 Å². The van der Waals surface area contributed by atoms with Gasteiger partial charge in [0.25, 0.3) is 0 Å². The summed E-state index contributed by atoms with van der Waals surface area (Å²) in [6.45, 7) is 8.61. The monoisotopic (exact) mass is 276 g/mol. The third-order valence-corrected chi connectivity index (χ3v) is 4.19. The number of hydrogen-bond donors (Lipinski definition) is 1. The van der Waals surface area contributed by atoms with Gasteiger partial charge >= 0.3 is 0 Å². The fourth-order valence-electron chi connectivity index (χ4n) is 3.22. The van der Waals surface area contributed by atoms with Crippen molar-refractivity contribution in [1.82, 2.24) is 10.2 Å². The summed E-state index contributed by atoms with van der Waals surface area (Å²) in [5.74, 6) is 1.70. The predicted octanol–water partition coefficient (Wildman–Crippen LogP) is 3.08. The molecule has 1 heterocycles. The van der Waals surface area contributed by atoms with Gasteiger partial charge in [-0.2, -0.15) is 0 Å². The zero-order chi connectivity index (χ0) is 14.4. The number of rotatable bonds is 7. The van der Waals surface area contributed by atoms with Crippen LogP contribution in [-0.2, 0) is 0 Å². The molecule has 1 aromatic carbocycles. The van der Waals surface area contributed by atoms with Crippen LogP contribution in [-0.4, -0.2) is 38.2 Å². The van der Waals surface area contributed by atoms with Crippen LogP contribution in [0.3, 0.4) is 0 Å². The molecule has 1 aromatic rings. The van der Waals surface area contributed by atoms with Crippen LogP contribution in [0, 0.1) is 5.92 Å². The van der Waals surface area contributed by atoms with Gasteiger partial charge in [0.15, 0.2) is 0 Å². The second-order valence-electron chi connectivity index (χ2n) is 5.60. The van der Waals surface area contributed by atoms with Gasteiger partial charge in [0.05, 0.1) is 6.61 Å². The highest BCUT2D eigenvalue weighted by Gasteiger charge is 2.33. The average Bonchev–Trinajstić information content (AvgIpc) is 2.89. The molecule has 0 radical (unpaired) electrons. The molecular weight excluding hydrogens is 248 g/mol. The first-order valence-corrected chi connectivity index (χ1v) is 7.91. The van der Waals surface area contributed by atoms with Crippen LogP contribution in [0.2, 0.25) is 0 Å². The normalized spacial score (nSPS) is 23.1. The van der Waals surface area contributed by atoms with Gasteiger partial charge in [0.2, 0.25) is 0 Å². The van der Waals surface area contributed by atoms with Crippen LogP contribution in [0.15, 0.2) is 24.3 Å². The van der Waals surface area contributed by atoms with Crippen LogP contribution in [0.4, 0.5) is 0 Å². The van der Waals surface area contributed by atoms with Gasteiger partial charge < -0.3 is 10.1 Å². The lowest BCUT2D eigenvalue weighted by atomic mass is 9.93. The van der Waals surface area contributed by atoms with Crippen LogP contribution >= 0.6 is 0 Å². The van der Waals surface area contributed by atoms with E-state index in [-0.39, 0.29) is 0 Å². The SMILES string of the molecule is CCCOc1ccc(C2C(CNC)CCN2CC)cc1. The molecule has 0 bridgehead atoms. The molecule has 2 unspecified atom stereocenters. The second-order valence-corrected chi connectivity index (χ2v) is 5.60. The molecule has 20 heavy (non-hydrogen) atoms. The highest BCUT2D eigenvalue weighted by molar-refractivity contribution is 5.30. The van der Waals surface area contributed by atoms with Crippen LogP contribution in [0.5, 0.6) is 5.75 Å². The quantitative estimate of drug-likeness (QED) is 0.828. The van der Waals surface area contributed by atoms with E-state index in [4.69, 9.17) is 4.74 Å². The van der Waals surface area contributed by atoms with Crippen LogP contribution in [0.25, 0.3) is 0 Å². The Labute approximate surface area is 123 Å². The van der Waals surface area contributed by atoms with Gasteiger partial charge in [-0.05, 0) is 63.1 Å². The van der Waals surface area contributed by atoms with E-state index in [9.17, 15) is 0 Å². The molecule has 1 fully saturated rings. The van der Waals surface area contributed by atoms with Gasteiger partial charge in [0, 0.05) is 6.04 Å². The smallest absolute Gasteiger partial charge is 0.119 e. The summed E-state index contributed by atoms with van der Waals surface area (Å²) in [7, 11) is 2.05. The molecule has 1 aliphatic heterocycles. The number of benzene rings is 1. The summed E-state index contributed by atoms with van der Waals surface area (Å²) >= 11 is 0. The summed E-state index contributed by atoms with van der Waals surface area (Å²) in [6.07, 6.45) is 2.34. The van der Waals surface area contributed by atoms with Gasteiger partial charge in [-0.3, -0.25) is 4.90 Å². The molecule has 0 aliphatic carbocycles. The minimum atomic E-state index is 0.549. The first kappa shape index (κ1) is 15.3. The Morgan fingerprint density at radius 3 is 2.60 bits per heavy atom. The van der Waals surface area contributed by atoms with E-state index in [2.05, 4.69) is 48.3 Å². The largest absolute Gasteiger partial charge is 0.494 e. The second kappa shape index (κ2) is 7.65. The average molecular weight is 276 g/mol. The minimum Gasteiger partial charge on any atom is -0.494 e. The van der Waals surface area contributed by atoms with E-state index in [0.717, 1.165) is 31.9 Å². The fraction of sp³-hybridized carbons (Fsp3) is 0.647. The maximum atomic E-state index is 5.67. The molecule has 1 N–H and O–H groups in total. The van der Waals surface area contributed by atoms with Gasteiger partial charge in [-0.25, -0.2) is 0 Å². The zero-order valence-corrected chi connectivity index (χ0v) is 13.1. The Hall–Kier alpha value is -1.06. The molecule has 1 saturated heterocycles. The Bertz CT molecular complexity index is 390. The Balaban J connectivity index is 2.10. The molecule has 0 saturated carbocycles. The molecule has 2 rings (SSSR count). The highest BCUT2D eigenvalue weighted by Crippen LogP contribution is 2.37. The molecule has 112 valence electrons. The third-order valence-electron chi connectivity index (χ3n) is 4.19. The Kier molecular flexibility index (Phi) is 5.86. The third kappa shape index (κ3) is 3.53. The number of nitrogens with one attached hydrogen (secondary N) is 1. The van der Waals surface area contributed by atoms with Gasteiger partial charge in [0.1, 0.15) is 5.75 Å². The maximum absolute atomic E-state index is 5.67. The van der Waals surface area contributed by atoms with Gasteiger partial charge in [-0.15, -0.1) is 0 Å². The first-order chi connectivity index (χ1) is 9.80. The lowest BCUT2D eigenvalue weighted by Crippen LogP contribution is -2.29. The molecule has 0 aromatic heterocycles. The summed E-state index contributed by atoms with van der Waals surface area (Å²) in [5, 5.41) is 3.34. The lowest BCUT2D eigenvalue weighted by Gasteiger charge is -2.27. The van der Waals surface area contributed by atoms with E-state index in [1.54, 1.807) is 0 Å². The summed E-state index contributed by atoms with van der Waals surface area (Å²) < 4.78 is 5.67. The van der Waals surface area contributed by atoms with Crippen molar-refractivity contribution in [2.24, 2.45) is 5.92 Å². The Morgan fingerprint density at radius 1 is 1.25 bits per heavy atom. The number of nitrogens with zero attached hydrogens (tertiary/aromatic N) is 1. The number of hydrogen-bond acceptors (Lipinski definition) is 3. The standard InChI is InChI=1S/C17H28N2O/c1-4-12-20-16-8-6-14(7-9-16)17-15(13-18-3)10-11-19(17)5-2/h6-9,15,17-18H,4-5,10-13H2,1-3H3. The fourth-order valence-corrected chi connectivity index (χ4v) is 3.22. The summed E-state index contributed by atoms with van der Waals surface area (Å²) in [4.78, 5) is 2.59. The van der Waals surface area contributed by atoms with Gasteiger partial charge in [-0.1, -0.05) is 26.0 Å². The lowest BCUT2D eigenvalue weighted by molar-refractivity contribution is 0.238. The van der Waals surface area contributed by atoms with E-state index in [1.807, 2.05) is 7.05 Å². The number of likely N-dealkylation sites (tertiary alicyclic amines) is 1. The maximum Gasteiger partial charge on any atom is 0.119 e. The Morgan fingerprint density at radius 2 is 2.00 bits per heavy atom. The molecule has 0 spiro atoms. The summed E-state index contributed by atoms with van der Waals surface area (Å²) in [5.41, 5.74) is 1.42. The van der Waals surface area contributed by atoms with E-state index in [1.165, 1.54) is 18.5 Å². The van der Waals surface area contributed by atoms with Crippen molar-refractivity contribution in [3.05, 3.63) is 29.8 Å². The van der Waals surface area contributed by atoms with Crippen LogP contribution < -0.4 is 10.1 Å². The molecule has 1 aliphatic rings. The minimum absolute atomic E-state index is 0.549. The van der Waals surface area contributed by atoms with Crippen molar-refractivity contribution in [3.8, 4) is 5.75 Å². The van der Waals surface area contributed by atoms with Crippen molar-refractivity contribution in [1.29, 1.82) is 0 Å². The molecule has 3 heteroatoms. The predicted molar refractivity (Wildman–Crippen MR) is 84.2 cm³/mol. The molecule has 3 nitrogen and oxygen atoms in total. The van der Waals surface area contributed by atoms with E-state index in [0.29, 0.717) is 12.0 Å². The highest BCUT2D eigenvalue weighted by atomic mass is 16.5. The van der Waals surface area contributed by atoms with Crippen molar-refractivity contribution < 1.29 is 4.74 Å². The number of ether oxygens (including phenoxy) is 1. The van der Waals surface area contributed by atoms with Crippen molar-refractivity contribution >= 4 is 0 Å². The van der Waals surface area contributed by atoms with Crippen molar-refractivity contribution in [2.75, 3.05) is 33.3 Å².